The van der Waals surface area contributed by atoms with Gasteiger partial charge in [0.25, 0.3) is 0 Å². The fourth-order valence-electron chi connectivity index (χ4n) is 1.97. The van der Waals surface area contributed by atoms with E-state index < -0.39 is 0 Å². The molecule has 62 valence electrons. The molecule has 0 fully saturated rings. The predicted octanol–water partition coefficient (Wildman–Crippen LogP) is 2.92. The van der Waals surface area contributed by atoms with E-state index >= 15 is 0 Å². The Morgan fingerprint density at radius 1 is 0.692 bits per heavy atom. The Kier molecular flexibility index (Phi) is 1.10. The topological polar surface area (TPSA) is 26.0 Å². The number of nitrogens with two attached hydrogens (primary N) is 1. The van der Waals surface area contributed by atoms with Crippen LogP contribution in [-0.2, 0) is 0 Å². The Morgan fingerprint density at radius 2 is 1.38 bits per heavy atom. The average Bonchev–Trinajstić information content (AvgIpc) is 2.14. The fourth-order valence-corrected chi connectivity index (χ4v) is 1.97. The maximum absolute atomic E-state index is 5.89. The van der Waals surface area contributed by atoms with Gasteiger partial charge in [-0.15, -0.1) is 0 Å². The summed E-state index contributed by atoms with van der Waals surface area (Å²) in [6.07, 6.45) is 0. The number of nitrogen functional groups attached to an aromatic ring is 1. The Morgan fingerprint density at radius 3 is 2.23 bits per heavy atom. The van der Waals surface area contributed by atoms with Crippen LogP contribution in [0.4, 0.5) is 5.69 Å². The zero-order valence-corrected chi connectivity index (χ0v) is 7.12. The van der Waals surface area contributed by atoms with E-state index in [1.54, 1.807) is 0 Å². The molecule has 2 N–H and O–H groups in total. The summed E-state index contributed by atoms with van der Waals surface area (Å²) >= 11 is 0. The first-order chi connectivity index (χ1) is 6.38. The van der Waals surface area contributed by atoms with E-state index in [0.29, 0.717) is 0 Å². The number of hydrogen-bond donors (Lipinski definition) is 1. The predicted molar refractivity (Wildman–Crippen MR) is 55.3 cm³/mol. The van der Waals surface area contributed by atoms with E-state index in [0.717, 1.165) is 5.69 Å². The van der Waals surface area contributed by atoms with Gasteiger partial charge in [0.15, 0.2) is 0 Å². The van der Waals surface area contributed by atoms with Crippen molar-refractivity contribution in [3.05, 3.63) is 42.5 Å². The third-order valence-electron chi connectivity index (χ3n) is 2.58. The van der Waals surface area contributed by atoms with E-state index in [-0.39, 0.29) is 0 Å². The number of anilines is 1. The van der Waals surface area contributed by atoms with Crippen LogP contribution in [0.5, 0.6) is 0 Å². The molecule has 1 aliphatic rings. The van der Waals surface area contributed by atoms with E-state index in [4.69, 9.17) is 5.73 Å². The summed E-state index contributed by atoms with van der Waals surface area (Å²) in [5, 5.41) is 0. The summed E-state index contributed by atoms with van der Waals surface area (Å²) in [4.78, 5) is 0. The molecule has 1 nitrogen and oxygen atoms in total. The monoisotopic (exact) mass is 167 g/mol. The lowest BCUT2D eigenvalue weighted by atomic mass is 9.80. The van der Waals surface area contributed by atoms with Crippen LogP contribution in [0.15, 0.2) is 42.5 Å². The quantitative estimate of drug-likeness (QED) is 0.512. The van der Waals surface area contributed by atoms with Crippen LogP contribution < -0.4 is 5.73 Å². The third-order valence-corrected chi connectivity index (χ3v) is 2.58. The minimum Gasteiger partial charge on any atom is -0.398 e. The fraction of sp³-hybridized carbons (Fsp3) is 0. The Labute approximate surface area is 76.8 Å². The summed E-state index contributed by atoms with van der Waals surface area (Å²) in [5.41, 5.74) is 11.9. The molecule has 0 amide bonds. The summed E-state index contributed by atoms with van der Waals surface area (Å²) in [7, 11) is 0. The molecule has 2 aromatic rings. The molecule has 0 heterocycles. The van der Waals surface area contributed by atoms with Crippen molar-refractivity contribution in [3.8, 4) is 22.3 Å². The minimum absolute atomic E-state index is 0.885. The van der Waals surface area contributed by atoms with Crippen molar-refractivity contribution in [2.45, 2.75) is 0 Å². The molecule has 0 saturated carbocycles. The highest BCUT2D eigenvalue weighted by Crippen LogP contribution is 2.49. The zero-order chi connectivity index (χ0) is 8.84. The van der Waals surface area contributed by atoms with Crippen molar-refractivity contribution in [1.82, 2.24) is 0 Å². The van der Waals surface area contributed by atoms with E-state index in [2.05, 4.69) is 24.3 Å². The van der Waals surface area contributed by atoms with Gasteiger partial charge in [0.05, 0.1) is 0 Å². The second kappa shape index (κ2) is 2.13. The Hall–Kier alpha value is -1.76. The van der Waals surface area contributed by atoms with Gasteiger partial charge in [-0.25, -0.2) is 0 Å². The lowest BCUT2D eigenvalue weighted by Crippen LogP contribution is -2.01. The van der Waals surface area contributed by atoms with Crippen LogP contribution >= 0.6 is 0 Å². The van der Waals surface area contributed by atoms with Gasteiger partial charge in [-0.05, 0) is 22.8 Å². The molecule has 1 aliphatic carbocycles. The first-order valence-corrected chi connectivity index (χ1v) is 4.36. The largest absolute Gasteiger partial charge is 0.398 e. The number of benzene rings is 2. The number of fused-ring (bicyclic) bond motifs is 4. The normalized spacial score (nSPS) is 11.4. The zero-order valence-electron chi connectivity index (χ0n) is 7.12. The molecule has 0 bridgehead atoms. The smallest absolute Gasteiger partial charge is 0.0400 e. The van der Waals surface area contributed by atoms with Gasteiger partial charge in [0.1, 0.15) is 0 Å². The first-order valence-electron chi connectivity index (χ1n) is 4.36. The molecule has 0 aliphatic heterocycles. The first kappa shape index (κ1) is 6.72. The van der Waals surface area contributed by atoms with Crippen LogP contribution in [0.2, 0.25) is 0 Å². The van der Waals surface area contributed by atoms with Gasteiger partial charge in [-0.3, -0.25) is 0 Å². The van der Waals surface area contributed by atoms with Crippen molar-refractivity contribution < 1.29 is 0 Å². The molecule has 2 aromatic carbocycles. The molecule has 13 heavy (non-hydrogen) atoms. The molecule has 0 saturated heterocycles. The highest BCUT2D eigenvalue weighted by molar-refractivity contribution is 6.07. The van der Waals surface area contributed by atoms with E-state index in [1.165, 1.54) is 22.3 Å². The van der Waals surface area contributed by atoms with Gasteiger partial charge in [-0.1, -0.05) is 36.4 Å². The van der Waals surface area contributed by atoms with Gasteiger partial charge >= 0.3 is 0 Å². The summed E-state index contributed by atoms with van der Waals surface area (Å²) in [6.45, 7) is 0. The van der Waals surface area contributed by atoms with Gasteiger partial charge < -0.3 is 5.73 Å². The van der Waals surface area contributed by atoms with Crippen LogP contribution in [-0.4, -0.2) is 0 Å². The highest BCUT2D eigenvalue weighted by atomic mass is 14.6. The maximum Gasteiger partial charge on any atom is 0.0400 e. The lowest BCUT2D eigenvalue weighted by molar-refractivity contribution is 1.52. The SMILES string of the molecule is Nc1cccc2c1-c1ccccc1-2. The second-order valence-corrected chi connectivity index (χ2v) is 3.32. The summed E-state index contributed by atoms with van der Waals surface area (Å²) < 4.78 is 0. The molecule has 0 unspecified atom stereocenters. The molecule has 3 rings (SSSR count). The van der Waals surface area contributed by atoms with Crippen LogP contribution in [0.1, 0.15) is 0 Å². The molecule has 0 aromatic heterocycles. The van der Waals surface area contributed by atoms with Crippen LogP contribution in [0.25, 0.3) is 22.3 Å². The Bertz CT molecular complexity index is 486. The molecule has 1 heteroatoms. The highest BCUT2D eigenvalue weighted by Gasteiger charge is 2.22. The molecule has 0 spiro atoms. The van der Waals surface area contributed by atoms with Crippen molar-refractivity contribution in [2.24, 2.45) is 0 Å². The van der Waals surface area contributed by atoms with Gasteiger partial charge in [0.2, 0.25) is 0 Å². The number of hydrogen-bond acceptors (Lipinski definition) is 1. The lowest BCUT2D eigenvalue weighted by Gasteiger charge is -2.24. The van der Waals surface area contributed by atoms with Crippen molar-refractivity contribution >= 4 is 5.69 Å². The van der Waals surface area contributed by atoms with Crippen molar-refractivity contribution in [3.63, 3.8) is 0 Å². The van der Waals surface area contributed by atoms with Crippen LogP contribution in [0, 0.1) is 0 Å². The second-order valence-electron chi connectivity index (χ2n) is 3.32. The van der Waals surface area contributed by atoms with Gasteiger partial charge in [0, 0.05) is 11.3 Å². The molecular weight excluding hydrogens is 158 g/mol. The van der Waals surface area contributed by atoms with Crippen molar-refractivity contribution in [1.29, 1.82) is 0 Å². The van der Waals surface area contributed by atoms with E-state index in [9.17, 15) is 0 Å². The number of rotatable bonds is 0. The summed E-state index contributed by atoms with van der Waals surface area (Å²) in [5.74, 6) is 0. The Balaban J connectivity index is 2.35. The minimum atomic E-state index is 0.885. The van der Waals surface area contributed by atoms with E-state index in [1.807, 2.05) is 18.2 Å². The standard InChI is InChI=1S/C12H9N/c13-11-7-3-6-10-8-4-1-2-5-9(8)12(10)11/h1-7H,13H2. The molecule has 0 radical (unpaired) electrons. The van der Waals surface area contributed by atoms with Gasteiger partial charge in [-0.2, -0.15) is 0 Å². The summed E-state index contributed by atoms with van der Waals surface area (Å²) in [6, 6.07) is 14.4. The van der Waals surface area contributed by atoms with Crippen LogP contribution in [0.3, 0.4) is 0 Å². The third kappa shape index (κ3) is 0.712. The molecular formula is C12H9N. The maximum atomic E-state index is 5.89. The van der Waals surface area contributed by atoms with Crippen molar-refractivity contribution in [2.75, 3.05) is 5.73 Å². The molecule has 0 atom stereocenters. The average molecular weight is 167 g/mol.